The van der Waals surface area contributed by atoms with Crippen molar-refractivity contribution in [3.05, 3.63) is 35.4 Å². The lowest BCUT2D eigenvalue weighted by molar-refractivity contribution is 0.269. The van der Waals surface area contributed by atoms with Crippen LogP contribution in [-0.4, -0.2) is 6.04 Å². The van der Waals surface area contributed by atoms with Crippen molar-refractivity contribution < 1.29 is 8.78 Å². The summed E-state index contributed by atoms with van der Waals surface area (Å²) in [5, 5.41) is 0. The Balaban J connectivity index is 2.89. The van der Waals surface area contributed by atoms with Gasteiger partial charge in [0.1, 0.15) is 11.6 Å². The van der Waals surface area contributed by atoms with Gasteiger partial charge in [0.2, 0.25) is 0 Å². The first-order chi connectivity index (χ1) is 7.38. The molecule has 1 atom stereocenters. The summed E-state index contributed by atoms with van der Waals surface area (Å²) in [6, 6.07) is 3.66. The predicted octanol–water partition coefficient (Wildman–Crippen LogP) is 3.27. The van der Waals surface area contributed by atoms with Gasteiger partial charge in [-0.2, -0.15) is 0 Å². The smallest absolute Gasteiger partial charge is 0.129 e. The zero-order valence-corrected chi connectivity index (χ0v) is 10.1. The van der Waals surface area contributed by atoms with Crippen LogP contribution in [-0.2, 0) is 6.42 Å². The topological polar surface area (TPSA) is 26.0 Å². The second-order valence-electron chi connectivity index (χ2n) is 4.85. The van der Waals surface area contributed by atoms with Gasteiger partial charge in [-0.25, -0.2) is 8.78 Å². The molecule has 0 saturated heterocycles. The molecule has 0 aliphatic carbocycles. The van der Waals surface area contributed by atoms with E-state index in [1.54, 1.807) is 0 Å². The van der Waals surface area contributed by atoms with Crippen LogP contribution in [0.1, 0.15) is 32.8 Å². The maximum absolute atomic E-state index is 13.4. The highest BCUT2D eigenvalue weighted by atomic mass is 19.1. The first kappa shape index (κ1) is 13.1. The second-order valence-corrected chi connectivity index (χ2v) is 4.85. The fourth-order valence-electron chi connectivity index (χ4n) is 1.49. The average molecular weight is 227 g/mol. The van der Waals surface area contributed by atoms with Crippen molar-refractivity contribution in [3.8, 4) is 0 Å². The molecule has 2 N–H and O–H groups in total. The molecule has 0 saturated carbocycles. The highest BCUT2D eigenvalue weighted by Gasteiger charge is 2.26. The molecule has 1 aromatic rings. The second kappa shape index (κ2) is 4.91. The van der Waals surface area contributed by atoms with Gasteiger partial charge in [0.05, 0.1) is 0 Å². The van der Waals surface area contributed by atoms with Crippen LogP contribution in [0.4, 0.5) is 8.78 Å². The largest absolute Gasteiger partial charge is 0.327 e. The summed E-state index contributed by atoms with van der Waals surface area (Å²) >= 11 is 0. The SMILES string of the molecule is CCC(C)(C)C(N)Cc1c(F)cccc1F. The Morgan fingerprint density at radius 3 is 2.19 bits per heavy atom. The molecular weight excluding hydrogens is 208 g/mol. The van der Waals surface area contributed by atoms with Gasteiger partial charge >= 0.3 is 0 Å². The molecular formula is C13H19F2N. The molecule has 1 nitrogen and oxygen atoms in total. The number of benzene rings is 1. The molecule has 0 bridgehead atoms. The molecule has 0 aliphatic rings. The molecule has 1 unspecified atom stereocenters. The Hall–Kier alpha value is -0.960. The Morgan fingerprint density at radius 2 is 1.75 bits per heavy atom. The van der Waals surface area contributed by atoms with E-state index in [0.29, 0.717) is 0 Å². The van der Waals surface area contributed by atoms with Crippen molar-refractivity contribution in [1.82, 2.24) is 0 Å². The normalized spacial score (nSPS) is 13.9. The third-order valence-corrected chi connectivity index (χ3v) is 3.40. The van der Waals surface area contributed by atoms with Gasteiger partial charge in [0.25, 0.3) is 0 Å². The van der Waals surface area contributed by atoms with Gasteiger partial charge in [0.15, 0.2) is 0 Å². The molecule has 3 heteroatoms. The lowest BCUT2D eigenvalue weighted by Crippen LogP contribution is -2.39. The van der Waals surface area contributed by atoms with Gasteiger partial charge < -0.3 is 5.73 Å². The Bertz CT molecular complexity index is 341. The minimum Gasteiger partial charge on any atom is -0.327 e. The van der Waals surface area contributed by atoms with Gasteiger partial charge in [-0.1, -0.05) is 26.8 Å². The van der Waals surface area contributed by atoms with E-state index in [0.717, 1.165) is 6.42 Å². The third-order valence-electron chi connectivity index (χ3n) is 3.40. The van der Waals surface area contributed by atoms with E-state index >= 15 is 0 Å². The van der Waals surface area contributed by atoms with E-state index in [-0.39, 0.29) is 23.4 Å². The summed E-state index contributed by atoms with van der Waals surface area (Å²) in [6.07, 6.45) is 1.11. The fourth-order valence-corrected chi connectivity index (χ4v) is 1.49. The van der Waals surface area contributed by atoms with Crippen LogP contribution in [0.3, 0.4) is 0 Å². The van der Waals surface area contributed by atoms with E-state index in [1.807, 2.05) is 20.8 Å². The molecule has 0 fully saturated rings. The molecule has 90 valence electrons. The Kier molecular flexibility index (Phi) is 4.03. The third kappa shape index (κ3) is 2.79. The van der Waals surface area contributed by atoms with E-state index in [2.05, 4.69) is 0 Å². The molecule has 0 radical (unpaired) electrons. The summed E-state index contributed by atoms with van der Waals surface area (Å²) < 4.78 is 26.8. The minimum absolute atomic E-state index is 0.0940. The van der Waals surface area contributed by atoms with E-state index < -0.39 is 11.6 Å². The van der Waals surface area contributed by atoms with Gasteiger partial charge in [-0.3, -0.25) is 0 Å². The molecule has 1 aromatic carbocycles. The zero-order chi connectivity index (χ0) is 12.3. The van der Waals surface area contributed by atoms with Crippen molar-refractivity contribution in [3.63, 3.8) is 0 Å². The van der Waals surface area contributed by atoms with E-state index in [1.165, 1.54) is 18.2 Å². The van der Waals surface area contributed by atoms with Crippen molar-refractivity contribution >= 4 is 0 Å². The number of hydrogen-bond acceptors (Lipinski definition) is 1. The maximum atomic E-state index is 13.4. The average Bonchev–Trinajstić information content (AvgIpc) is 2.23. The van der Waals surface area contributed by atoms with E-state index in [4.69, 9.17) is 5.73 Å². The summed E-state index contributed by atoms with van der Waals surface area (Å²) in [5.41, 5.74) is 5.98. The van der Waals surface area contributed by atoms with Crippen molar-refractivity contribution in [2.45, 2.75) is 39.7 Å². The first-order valence-corrected chi connectivity index (χ1v) is 5.57. The fraction of sp³-hybridized carbons (Fsp3) is 0.538. The van der Waals surface area contributed by atoms with Crippen LogP contribution in [0, 0.1) is 17.0 Å². The molecule has 0 aliphatic heterocycles. The van der Waals surface area contributed by atoms with Gasteiger partial charge in [-0.15, -0.1) is 0 Å². The maximum Gasteiger partial charge on any atom is 0.129 e. The van der Waals surface area contributed by atoms with E-state index in [9.17, 15) is 8.78 Å². The van der Waals surface area contributed by atoms with Crippen LogP contribution < -0.4 is 5.73 Å². The van der Waals surface area contributed by atoms with Crippen molar-refractivity contribution in [2.24, 2.45) is 11.1 Å². The quantitative estimate of drug-likeness (QED) is 0.839. The zero-order valence-electron chi connectivity index (χ0n) is 10.1. The van der Waals surface area contributed by atoms with Gasteiger partial charge in [0, 0.05) is 11.6 Å². The lowest BCUT2D eigenvalue weighted by atomic mass is 9.79. The predicted molar refractivity (Wildman–Crippen MR) is 62.1 cm³/mol. The summed E-state index contributed by atoms with van der Waals surface area (Å²) in [7, 11) is 0. The number of halogens is 2. The number of nitrogens with two attached hydrogens (primary N) is 1. The molecule has 0 amide bonds. The summed E-state index contributed by atoms with van der Waals surface area (Å²) in [4.78, 5) is 0. The van der Waals surface area contributed by atoms with Crippen LogP contribution in [0.2, 0.25) is 0 Å². The highest BCUT2D eigenvalue weighted by Crippen LogP contribution is 2.27. The monoisotopic (exact) mass is 227 g/mol. The first-order valence-electron chi connectivity index (χ1n) is 5.57. The van der Waals surface area contributed by atoms with Crippen LogP contribution in [0.5, 0.6) is 0 Å². The van der Waals surface area contributed by atoms with Crippen LogP contribution in [0.15, 0.2) is 18.2 Å². The highest BCUT2D eigenvalue weighted by molar-refractivity contribution is 5.21. The molecule has 1 rings (SSSR count). The lowest BCUT2D eigenvalue weighted by Gasteiger charge is -2.30. The number of hydrogen-bond donors (Lipinski definition) is 1. The van der Waals surface area contributed by atoms with Crippen LogP contribution in [0.25, 0.3) is 0 Å². The summed E-state index contributed by atoms with van der Waals surface area (Å²) in [6.45, 7) is 6.05. The van der Waals surface area contributed by atoms with Crippen molar-refractivity contribution in [1.29, 1.82) is 0 Å². The molecule has 0 aromatic heterocycles. The Labute approximate surface area is 95.7 Å². The Morgan fingerprint density at radius 1 is 1.25 bits per heavy atom. The van der Waals surface area contributed by atoms with Crippen molar-refractivity contribution in [2.75, 3.05) is 0 Å². The summed E-state index contributed by atoms with van der Waals surface area (Å²) in [5.74, 6) is -1.02. The molecule has 16 heavy (non-hydrogen) atoms. The van der Waals surface area contributed by atoms with Gasteiger partial charge in [-0.05, 0) is 30.4 Å². The van der Waals surface area contributed by atoms with Crippen LogP contribution >= 0.6 is 0 Å². The number of rotatable bonds is 4. The minimum atomic E-state index is -0.512. The molecule has 0 spiro atoms. The standard InChI is InChI=1S/C13H19F2N/c1-4-13(2,3)12(16)8-9-10(14)6-5-7-11(9)15/h5-7,12H,4,8,16H2,1-3H3. The molecule has 0 heterocycles.